The normalized spacial score (nSPS) is 10.0. The van der Waals surface area contributed by atoms with Gasteiger partial charge in [0.15, 0.2) is 0 Å². The van der Waals surface area contributed by atoms with E-state index in [1.807, 2.05) is 29.5 Å². The van der Waals surface area contributed by atoms with Crippen molar-refractivity contribution in [2.24, 2.45) is 0 Å². The van der Waals surface area contributed by atoms with E-state index in [-0.39, 0.29) is 0 Å². The third-order valence-electron chi connectivity index (χ3n) is 1.09. The minimum Gasteiger partial charge on any atom is -0.227 e. The summed E-state index contributed by atoms with van der Waals surface area (Å²) in [6.45, 7) is 1.87. The van der Waals surface area contributed by atoms with Crippen LogP contribution in [0, 0.1) is 16.4 Å². The van der Waals surface area contributed by atoms with Crippen molar-refractivity contribution >= 4 is 38.5 Å². The van der Waals surface area contributed by atoms with E-state index in [9.17, 15) is 4.39 Å². The van der Waals surface area contributed by atoms with Crippen LogP contribution in [0.5, 0.6) is 0 Å². The molecule has 0 unspecified atom stereocenters. The van der Waals surface area contributed by atoms with E-state index in [1.165, 1.54) is 6.20 Å². The Morgan fingerprint density at radius 3 is 2.80 bits per heavy atom. The van der Waals surface area contributed by atoms with Crippen LogP contribution in [0.4, 0.5) is 4.39 Å². The van der Waals surface area contributed by atoms with Gasteiger partial charge in [-0.3, -0.25) is 0 Å². The van der Waals surface area contributed by atoms with Crippen LogP contribution in [0.1, 0.15) is 5.56 Å². The molecule has 1 rings (SSSR count). The van der Waals surface area contributed by atoms with Crippen molar-refractivity contribution < 1.29 is 4.39 Å². The maximum Gasteiger partial charge on any atom is 0.227 e. The number of aromatic nitrogens is 1. The van der Waals surface area contributed by atoms with E-state index in [0.717, 1.165) is 10.0 Å². The van der Waals surface area contributed by atoms with Crippen molar-refractivity contribution in [3.05, 3.63) is 25.8 Å². The molecule has 0 saturated heterocycles. The Balaban J connectivity index is 3.34. The van der Waals surface area contributed by atoms with Crippen molar-refractivity contribution in [1.29, 1.82) is 0 Å². The molecule has 54 valence electrons. The second kappa shape index (κ2) is 3.13. The Morgan fingerprint density at radius 2 is 2.30 bits per heavy atom. The summed E-state index contributed by atoms with van der Waals surface area (Å²) >= 11 is 5.15. The molecule has 0 aliphatic rings. The SMILES string of the molecule is Cc1cnc(F)c(I)c1Br. The molecule has 0 bridgehead atoms. The van der Waals surface area contributed by atoms with Gasteiger partial charge in [-0.05, 0) is 51.0 Å². The molecular weight excluding hydrogens is 312 g/mol. The minimum absolute atomic E-state index is 0.418. The minimum atomic E-state index is -0.418. The third kappa shape index (κ3) is 1.47. The average molecular weight is 316 g/mol. The summed E-state index contributed by atoms with van der Waals surface area (Å²) in [6.07, 6.45) is 1.50. The molecule has 1 heterocycles. The highest BCUT2D eigenvalue weighted by molar-refractivity contribution is 14.1. The smallest absolute Gasteiger partial charge is 0.227 e. The fraction of sp³-hybridized carbons (Fsp3) is 0.167. The number of rotatable bonds is 0. The second-order valence-corrected chi connectivity index (χ2v) is 3.73. The molecule has 0 aliphatic carbocycles. The lowest BCUT2D eigenvalue weighted by atomic mass is 10.3. The molecule has 1 aromatic rings. The van der Waals surface area contributed by atoms with Gasteiger partial charge >= 0.3 is 0 Å². The van der Waals surface area contributed by atoms with Crippen molar-refractivity contribution in [1.82, 2.24) is 4.98 Å². The molecule has 0 aromatic carbocycles. The monoisotopic (exact) mass is 315 g/mol. The summed E-state index contributed by atoms with van der Waals surface area (Å²) in [7, 11) is 0. The summed E-state index contributed by atoms with van der Waals surface area (Å²) in [6, 6.07) is 0. The number of hydrogen-bond acceptors (Lipinski definition) is 1. The quantitative estimate of drug-likeness (QED) is 0.530. The van der Waals surface area contributed by atoms with Gasteiger partial charge < -0.3 is 0 Å². The molecule has 0 spiro atoms. The highest BCUT2D eigenvalue weighted by Gasteiger charge is 2.05. The maximum atomic E-state index is 12.6. The lowest BCUT2D eigenvalue weighted by Gasteiger charge is -1.99. The van der Waals surface area contributed by atoms with Crippen LogP contribution in [0.15, 0.2) is 10.7 Å². The van der Waals surface area contributed by atoms with Gasteiger partial charge in [-0.25, -0.2) is 4.98 Å². The van der Waals surface area contributed by atoms with Gasteiger partial charge in [0.25, 0.3) is 0 Å². The molecule has 0 radical (unpaired) electrons. The van der Waals surface area contributed by atoms with Crippen LogP contribution in [-0.2, 0) is 0 Å². The lowest BCUT2D eigenvalue weighted by Crippen LogP contribution is -1.90. The van der Waals surface area contributed by atoms with Gasteiger partial charge in [-0.15, -0.1) is 0 Å². The zero-order valence-corrected chi connectivity index (χ0v) is 8.90. The molecule has 10 heavy (non-hydrogen) atoms. The molecule has 0 atom stereocenters. The summed E-state index contributed by atoms with van der Waals surface area (Å²) in [5.74, 6) is -0.418. The molecule has 0 saturated carbocycles. The van der Waals surface area contributed by atoms with Crippen LogP contribution < -0.4 is 0 Å². The first kappa shape index (κ1) is 8.39. The van der Waals surface area contributed by atoms with Gasteiger partial charge in [0.2, 0.25) is 5.95 Å². The number of halogens is 3. The summed E-state index contributed by atoms with van der Waals surface area (Å²) in [5.41, 5.74) is 0.950. The Bertz CT molecular complexity index is 237. The van der Waals surface area contributed by atoms with Crippen LogP contribution in [0.3, 0.4) is 0 Å². The van der Waals surface area contributed by atoms with Crippen LogP contribution >= 0.6 is 38.5 Å². The highest BCUT2D eigenvalue weighted by atomic mass is 127. The molecule has 0 N–H and O–H groups in total. The number of nitrogens with zero attached hydrogens (tertiary/aromatic N) is 1. The van der Waals surface area contributed by atoms with E-state index in [1.54, 1.807) is 0 Å². The average Bonchev–Trinajstić information content (AvgIpc) is 1.93. The Morgan fingerprint density at radius 1 is 1.70 bits per heavy atom. The number of hydrogen-bond donors (Lipinski definition) is 0. The molecule has 0 amide bonds. The maximum absolute atomic E-state index is 12.6. The molecular formula is C6H4BrFIN. The Labute approximate surface area is 80.3 Å². The topological polar surface area (TPSA) is 12.9 Å². The second-order valence-electron chi connectivity index (χ2n) is 1.86. The van der Waals surface area contributed by atoms with Crippen LogP contribution in [0.25, 0.3) is 0 Å². The van der Waals surface area contributed by atoms with Crippen molar-refractivity contribution in [2.75, 3.05) is 0 Å². The van der Waals surface area contributed by atoms with E-state index >= 15 is 0 Å². The molecule has 4 heteroatoms. The standard InChI is InChI=1S/C6H4BrFIN/c1-3-2-10-6(8)5(9)4(3)7/h2H,1H3. The van der Waals surface area contributed by atoms with E-state index in [2.05, 4.69) is 20.9 Å². The number of aryl methyl sites for hydroxylation is 1. The lowest BCUT2D eigenvalue weighted by molar-refractivity contribution is 0.573. The van der Waals surface area contributed by atoms with Crippen molar-refractivity contribution in [2.45, 2.75) is 6.92 Å². The third-order valence-corrected chi connectivity index (χ3v) is 3.84. The van der Waals surface area contributed by atoms with Gasteiger partial charge in [0.05, 0.1) is 3.57 Å². The first-order chi connectivity index (χ1) is 4.63. The summed E-state index contributed by atoms with van der Waals surface area (Å²) in [4.78, 5) is 3.53. The first-order valence-electron chi connectivity index (χ1n) is 2.59. The Hall–Kier alpha value is 0.290. The Kier molecular flexibility index (Phi) is 2.62. The van der Waals surface area contributed by atoms with Gasteiger partial charge in [-0.2, -0.15) is 4.39 Å². The van der Waals surface area contributed by atoms with Gasteiger partial charge in [0.1, 0.15) is 0 Å². The predicted molar refractivity (Wildman–Crippen MR) is 49.3 cm³/mol. The molecule has 0 fully saturated rings. The number of pyridine rings is 1. The van der Waals surface area contributed by atoms with E-state index in [0.29, 0.717) is 3.57 Å². The zero-order chi connectivity index (χ0) is 7.72. The van der Waals surface area contributed by atoms with E-state index in [4.69, 9.17) is 0 Å². The van der Waals surface area contributed by atoms with Crippen molar-refractivity contribution in [3.8, 4) is 0 Å². The first-order valence-corrected chi connectivity index (χ1v) is 4.46. The predicted octanol–water partition coefficient (Wildman–Crippen LogP) is 2.90. The molecule has 1 aromatic heterocycles. The zero-order valence-electron chi connectivity index (χ0n) is 5.16. The summed E-state index contributed by atoms with van der Waals surface area (Å²) in [5, 5.41) is 0. The van der Waals surface area contributed by atoms with Crippen LogP contribution in [0.2, 0.25) is 0 Å². The van der Waals surface area contributed by atoms with Crippen LogP contribution in [-0.4, -0.2) is 4.98 Å². The van der Waals surface area contributed by atoms with E-state index < -0.39 is 5.95 Å². The molecule has 1 nitrogen and oxygen atoms in total. The van der Waals surface area contributed by atoms with Gasteiger partial charge in [0, 0.05) is 10.7 Å². The largest absolute Gasteiger partial charge is 0.227 e. The molecule has 0 aliphatic heterocycles. The fourth-order valence-electron chi connectivity index (χ4n) is 0.531. The highest BCUT2D eigenvalue weighted by Crippen LogP contribution is 2.23. The fourth-order valence-corrected chi connectivity index (χ4v) is 1.36. The van der Waals surface area contributed by atoms with Gasteiger partial charge in [-0.1, -0.05) is 0 Å². The summed E-state index contributed by atoms with van der Waals surface area (Å²) < 4.78 is 13.9. The van der Waals surface area contributed by atoms with Crippen molar-refractivity contribution in [3.63, 3.8) is 0 Å².